The molecule has 1 N–H and O–H groups in total. The number of amides is 2. The van der Waals surface area contributed by atoms with Crippen molar-refractivity contribution in [2.24, 2.45) is 5.92 Å². The number of carbonyl (C=O) groups excluding carboxylic acids is 2. The van der Waals surface area contributed by atoms with E-state index in [-0.39, 0.29) is 24.2 Å². The average Bonchev–Trinajstić information content (AvgIpc) is 3.28. The minimum atomic E-state index is -0.295. The normalized spacial score (nSPS) is 17.0. The van der Waals surface area contributed by atoms with Crippen molar-refractivity contribution in [3.05, 3.63) is 54.5 Å². The highest BCUT2D eigenvalue weighted by molar-refractivity contribution is 6.00. The lowest BCUT2D eigenvalue weighted by Crippen LogP contribution is -2.33. The summed E-state index contributed by atoms with van der Waals surface area (Å²) in [7, 11) is 0. The van der Waals surface area contributed by atoms with E-state index in [0.29, 0.717) is 26.3 Å². The van der Waals surface area contributed by atoms with E-state index in [1.807, 2.05) is 42.5 Å². The molecule has 0 aliphatic carbocycles. The summed E-state index contributed by atoms with van der Waals surface area (Å²) >= 11 is 0. The van der Waals surface area contributed by atoms with Crippen LogP contribution in [-0.4, -0.2) is 31.5 Å². The Kier molecular flexibility index (Phi) is 5.85. The molecule has 0 saturated carbocycles. The fraction of sp³-hybridized carbons (Fsp3) is 0.368. The molecule has 3 rings (SSSR count). The van der Waals surface area contributed by atoms with Crippen molar-refractivity contribution in [3.8, 4) is 0 Å². The van der Waals surface area contributed by atoms with Crippen LogP contribution < -0.4 is 10.2 Å². The number of nitrogens with zero attached hydrogens (tertiary/aromatic N) is 1. The zero-order valence-electron chi connectivity index (χ0n) is 14.0. The topological polar surface area (TPSA) is 71.8 Å². The highest BCUT2D eigenvalue weighted by Crippen LogP contribution is 2.24. The zero-order valence-corrected chi connectivity index (χ0v) is 14.0. The Bertz CT molecular complexity index is 685. The smallest absolute Gasteiger partial charge is 0.227 e. The van der Waals surface area contributed by atoms with E-state index < -0.39 is 0 Å². The van der Waals surface area contributed by atoms with Gasteiger partial charge in [-0.25, -0.2) is 0 Å². The van der Waals surface area contributed by atoms with Crippen molar-refractivity contribution in [1.82, 2.24) is 5.32 Å². The molecule has 25 heavy (non-hydrogen) atoms. The molecule has 6 nitrogen and oxygen atoms in total. The van der Waals surface area contributed by atoms with E-state index in [4.69, 9.17) is 9.15 Å². The molecule has 1 aromatic carbocycles. The number of carbonyl (C=O) groups is 2. The largest absolute Gasteiger partial charge is 0.467 e. The highest BCUT2D eigenvalue weighted by Gasteiger charge is 2.34. The van der Waals surface area contributed by atoms with Crippen LogP contribution in [0, 0.1) is 5.92 Å². The van der Waals surface area contributed by atoms with Crippen molar-refractivity contribution in [2.75, 3.05) is 24.6 Å². The molecule has 1 aliphatic heterocycles. The van der Waals surface area contributed by atoms with Gasteiger partial charge in [0.2, 0.25) is 11.8 Å². The standard InChI is InChI=1S/C19H22N2O4/c22-18-12-15(13-21(18)16-6-2-1-3-7-16)19(23)20-9-5-10-24-14-17-8-4-11-25-17/h1-4,6-8,11,15H,5,9-10,12-14H2,(H,20,23)/t15-/m1/s1. The molecular weight excluding hydrogens is 320 g/mol. The molecule has 6 heteroatoms. The number of hydrogen-bond acceptors (Lipinski definition) is 4. The summed E-state index contributed by atoms with van der Waals surface area (Å²) in [4.78, 5) is 26.1. The second-order valence-corrected chi connectivity index (χ2v) is 6.02. The number of rotatable bonds is 8. The Morgan fingerprint density at radius 3 is 2.84 bits per heavy atom. The van der Waals surface area contributed by atoms with E-state index in [9.17, 15) is 9.59 Å². The van der Waals surface area contributed by atoms with Gasteiger partial charge in [0.25, 0.3) is 0 Å². The molecule has 2 amide bonds. The van der Waals surface area contributed by atoms with Gasteiger partial charge in [-0.05, 0) is 30.7 Å². The Hall–Kier alpha value is -2.60. The maximum atomic E-state index is 12.2. The SMILES string of the molecule is O=C(NCCCOCc1ccco1)[C@@H]1CC(=O)N(c2ccccc2)C1. The first-order valence-electron chi connectivity index (χ1n) is 8.47. The Labute approximate surface area is 146 Å². The minimum Gasteiger partial charge on any atom is -0.467 e. The molecule has 2 heterocycles. The number of furan rings is 1. The number of nitrogens with one attached hydrogen (secondary N) is 1. The molecule has 1 aromatic heterocycles. The monoisotopic (exact) mass is 342 g/mol. The summed E-state index contributed by atoms with van der Waals surface area (Å²) in [6.45, 7) is 1.95. The predicted molar refractivity (Wildman–Crippen MR) is 92.9 cm³/mol. The zero-order chi connectivity index (χ0) is 17.5. The highest BCUT2D eigenvalue weighted by atomic mass is 16.5. The van der Waals surface area contributed by atoms with Gasteiger partial charge in [0.05, 0.1) is 12.2 Å². The Morgan fingerprint density at radius 2 is 2.08 bits per heavy atom. The van der Waals surface area contributed by atoms with Crippen molar-refractivity contribution in [2.45, 2.75) is 19.4 Å². The number of anilines is 1. The van der Waals surface area contributed by atoms with Crippen LogP contribution in [0.3, 0.4) is 0 Å². The fourth-order valence-electron chi connectivity index (χ4n) is 2.84. The van der Waals surface area contributed by atoms with E-state index in [1.54, 1.807) is 11.2 Å². The summed E-state index contributed by atoms with van der Waals surface area (Å²) in [6, 6.07) is 13.1. The molecule has 0 spiro atoms. The van der Waals surface area contributed by atoms with Gasteiger partial charge in [0, 0.05) is 31.8 Å². The van der Waals surface area contributed by atoms with E-state index >= 15 is 0 Å². The van der Waals surface area contributed by atoms with Gasteiger partial charge in [-0.3, -0.25) is 9.59 Å². The van der Waals surface area contributed by atoms with E-state index in [0.717, 1.165) is 17.9 Å². The second-order valence-electron chi connectivity index (χ2n) is 6.02. The first kappa shape index (κ1) is 17.2. The van der Waals surface area contributed by atoms with Crippen molar-refractivity contribution in [1.29, 1.82) is 0 Å². The molecule has 1 saturated heterocycles. The number of para-hydroxylation sites is 1. The number of ether oxygens (including phenoxy) is 1. The molecule has 0 unspecified atom stereocenters. The van der Waals surface area contributed by atoms with Gasteiger partial charge in [-0.2, -0.15) is 0 Å². The Balaban J connectivity index is 1.35. The molecular formula is C19H22N2O4. The lowest BCUT2D eigenvalue weighted by atomic mass is 10.1. The van der Waals surface area contributed by atoms with Crippen LogP contribution in [0.5, 0.6) is 0 Å². The number of benzene rings is 1. The van der Waals surface area contributed by atoms with Gasteiger partial charge >= 0.3 is 0 Å². The second kappa shape index (κ2) is 8.48. The quantitative estimate of drug-likeness (QED) is 0.748. The summed E-state index contributed by atoms with van der Waals surface area (Å²) in [5.74, 6) is 0.414. The molecule has 1 fully saturated rings. The molecule has 0 radical (unpaired) electrons. The maximum absolute atomic E-state index is 12.2. The maximum Gasteiger partial charge on any atom is 0.227 e. The van der Waals surface area contributed by atoms with Crippen LogP contribution in [0.15, 0.2) is 53.1 Å². The average molecular weight is 342 g/mol. The van der Waals surface area contributed by atoms with Crippen LogP contribution in [0.2, 0.25) is 0 Å². The minimum absolute atomic E-state index is 0.00636. The first-order valence-corrected chi connectivity index (χ1v) is 8.47. The van der Waals surface area contributed by atoms with Crippen LogP contribution in [0.4, 0.5) is 5.69 Å². The summed E-state index contributed by atoms with van der Waals surface area (Å²) in [5.41, 5.74) is 0.842. The molecule has 0 bridgehead atoms. The predicted octanol–water partition coefficient (Wildman–Crippen LogP) is 2.36. The summed E-state index contributed by atoms with van der Waals surface area (Å²) in [6.07, 6.45) is 2.59. The van der Waals surface area contributed by atoms with Crippen molar-refractivity contribution >= 4 is 17.5 Å². The van der Waals surface area contributed by atoms with E-state index in [2.05, 4.69) is 5.32 Å². The lowest BCUT2D eigenvalue weighted by Gasteiger charge is -2.16. The third-order valence-electron chi connectivity index (χ3n) is 4.15. The third-order valence-corrected chi connectivity index (χ3v) is 4.15. The van der Waals surface area contributed by atoms with Gasteiger partial charge in [-0.15, -0.1) is 0 Å². The van der Waals surface area contributed by atoms with Gasteiger partial charge in [-0.1, -0.05) is 18.2 Å². The summed E-state index contributed by atoms with van der Waals surface area (Å²) < 4.78 is 10.6. The van der Waals surface area contributed by atoms with E-state index in [1.165, 1.54) is 0 Å². The molecule has 132 valence electrons. The summed E-state index contributed by atoms with van der Waals surface area (Å²) in [5, 5.41) is 2.89. The fourth-order valence-corrected chi connectivity index (χ4v) is 2.84. The van der Waals surface area contributed by atoms with Crippen molar-refractivity contribution < 1.29 is 18.7 Å². The van der Waals surface area contributed by atoms with Crippen LogP contribution in [0.25, 0.3) is 0 Å². The van der Waals surface area contributed by atoms with Crippen LogP contribution in [-0.2, 0) is 20.9 Å². The first-order chi connectivity index (χ1) is 12.2. The lowest BCUT2D eigenvalue weighted by molar-refractivity contribution is -0.126. The molecule has 1 aliphatic rings. The molecule has 2 aromatic rings. The van der Waals surface area contributed by atoms with Crippen LogP contribution in [0.1, 0.15) is 18.6 Å². The number of hydrogen-bond donors (Lipinski definition) is 1. The van der Waals surface area contributed by atoms with Crippen molar-refractivity contribution in [3.63, 3.8) is 0 Å². The van der Waals surface area contributed by atoms with Gasteiger partial charge in [0.1, 0.15) is 12.4 Å². The van der Waals surface area contributed by atoms with Gasteiger partial charge < -0.3 is 19.4 Å². The Morgan fingerprint density at radius 1 is 1.24 bits per heavy atom. The molecule has 1 atom stereocenters. The van der Waals surface area contributed by atoms with Gasteiger partial charge in [0.15, 0.2) is 0 Å². The van der Waals surface area contributed by atoms with Crippen LogP contribution >= 0.6 is 0 Å². The third kappa shape index (κ3) is 4.70.